The summed E-state index contributed by atoms with van der Waals surface area (Å²) in [5.41, 5.74) is 0. The Bertz CT molecular complexity index is 488. The fourth-order valence-electron chi connectivity index (χ4n) is 1.18. The van der Waals surface area contributed by atoms with E-state index in [0.29, 0.717) is 13.8 Å². The molecule has 4 nitrogen and oxygen atoms in total. The maximum absolute atomic E-state index is 13.9. The van der Waals surface area contributed by atoms with Gasteiger partial charge >= 0.3 is 12.4 Å². The first-order valence-corrected chi connectivity index (χ1v) is 6.09. The molecule has 1 heterocycles. The molecule has 12 heteroatoms. The van der Waals surface area contributed by atoms with Crippen LogP contribution < -0.4 is 10.6 Å². The van der Waals surface area contributed by atoms with Crippen molar-refractivity contribution in [2.45, 2.75) is 38.3 Å². The van der Waals surface area contributed by atoms with E-state index in [1.54, 1.807) is 10.6 Å². The molecular weight excluding hydrogens is 345 g/mol. The normalized spacial score (nSPS) is 15.4. The van der Waals surface area contributed by atoms with E-state index in [4.69, 9.17) is 11.6 Å². The highest BCUT2D eigenvalue weighted by Gasteiger charge is 2.38. The van der Waals surface area contributed by atoms with Gasteiger partial charge in [0, 0.05) is 0 Å². The van der Waals surface area contributed by atoms with E-state index >= 15 is 0 Å². The Morgan fingerprint density at radius 1 is 0.864 bits per heavy atom. The van der Waals surface area contributed by atoms with E-state index in [-0.39, 0.29) is 0 Å². The van der Waals surface area contributed by atoms with Crippen LogP contribution in [0.4, 0.5) is 42.4 Å². The van der Waals surface area contributed by atoms with E-state index in [1.807, 2.05) is 0 Å². The molecule has 126 valence electrons. The highest BCUT2D eigenvalue weighted by Crippen LogP contribution is 2.29. The SMILES string of the molecule is C[C@@H](Nc1nc(Cl)nc(N[C@H](C)C(F)(F)F)c1F)C(F)(F)F. The van der Waals surface area contributed by atoms with Gasteiger partial charge in [0.25, 0.3) is 0 Å². The molecule has 2 N–H and O–H groups in total. The summed E-state index contributed by atoms with van der Waals surface area (Å²) in [6.07, 6.45) is -9.42. The molecule has 1 aromatic heterocycles. The van der Waals surface area contributed by atoms with Gasteiger partial charge in [0.15, 0.2) is 11.6 Å². The summed E-state index contributed by atoms with van der Waals surface area (Å²) < 4.78 is 88.4. The summed E-state index contributed by atoms with van der Waals surface area (Å²) >= 11 is 5.39. The van der Waals surface area contributed by atoms with Crippen LogP contribution in [0, 0.1) is 5.82 Å². The molecule has 0 unspecified atom stereocenters. The van der Waals surface area contributed by atoms with Crippen molar-refractivity contribution in [1.82, 2.24) is 9.97 Å². The molecule has 0 bridgehead atoms. The molecule has 0 aliphatic carbocycles. The second-order valence-electron chi connectivity index (χ2n) is 4.32. The van der Waals surface area contributed by atoms with E-state index in [1.165, 1.54) is 0 Å². The van der Waals surface area contributed by atoms with Crippen LogP contribution in [0.1, 0.15) is 13.8 Å². The zero-order valence-corrected chi connectivity index (χ0v) is 11.8. The third kappa shape index (κ3) is 4.75. The molecule has 0 saturated carbocycles. The molecule has 0 aliphatic heterocycles. The molecule has 2 atom stereocenters. The van der Waals surface area contributed by atoms with Crippen molar-refractivity contribution in [2.24, 2.45) is 0 Å². The standard InChI is InChI=1S/C10H10ClF7N4/c1-3(9(13,14)15)19-6-5(12)7(22-8(11)21-6)20-4(2)10(16,17)18/h3-4H,1-2H3,(H2,19,20,21,22)/t3-,4-/m1/s1. The maximum atomic E-state index is 13.9. The van der Waals surface area contributed by atoms with Crippen LogP contribution in [-0.4, -0.2) is 34.4 Å². The van der Waals surface area contributed by atoms with Crippen molar-refractivity contribution in [2.75, 3.05) is 10.6 Å². The second kappa shape index (κ2) is 6.31. The van der Waals surface area contributed by atoms with Gasteiger partial charge in [0.2, 0.25) is 11.1 Å². The maximum Gasteiger partial charge on any atom is 0.408 e. The van der Waals surface area contributed by atoms with Gasteiger partial charge in [-0.3, -0.25) is 0 Å². The Hall–Kier alpha value is -1.52. The number of nitrogens with zero attached hydrogens (tertiary/aromatic N) is 2. The minimum atomic E-state index is -4.71. The van der Waals surface area contributed by atoms with E-state index in [0.717, 1.165) is 0 Å². The lowest BCUT2D eigenvalue weighted by atomic mass is 10.3. The first kappa shape index (κ1) is 18.5. The third-order valence-electron chi connectivity index (χ3n) is 2.51. The number of hydrogen-bond acceptors (Lipinski definition) is 4. The Balaban J connectivity index is 3.08. The van der Waals surface area contributed by atoms with Gasteiger partial charge in [-0.15, -0.1) is 0 Å². The molecule has 0 aliphatic rings. The predicted molar refractivity (Wildman–Crippen MR) is 65.3 cm³/mol. The van der Waals surface area contributed by atoms with Crippen molar-refractivity contribution >= 4 is 23.2 Å². The summed E-state index contributed by atoms with van der Waals surface area (Å²) in [6.45, 7) is 1.36. The monoisotopic (exact) mass is 354 g/mol. The zero-order chi connectivity index (χ0) is 17.3. The van der Waals surface area contributed by atoms with Gasteiger partial charge < -0.3 is 10.6 Å². The number of alkyl halides is 6. The minimum Gasteiger partial charge on any atom is -0.356 e. The van der Waals surface area contributed by atoms with Crippen molar-refractivity contribution in [1.29, 1.82) is 0 Å². The Morgan fingerprint density at radius 3 is 1.45 bits per heavy atom. The first-order valence-electron chi connectivity index (χ1n) is 5.72. The average molecular weight is 355 g/mol. The zero-order valence-electron chi connectivity index (χ0n) is 11.1. The van der Waals surface area contributed by atoms with E-state index in [2.05, 4.69) is 9.97 Å². The minimum absolute atomic E-state index is 0.681. The summed E-state index contributed by atoms with van der Waals surface area (Å²) in [5.74, 6) is -3.42. The largest absolute Gasteiger partial charge is 0.408 e. The number of halogens is 8. The number of hydrogen-bond donors (Lipinski definition) is 2. The van der Waals surface area contributed by atoms with Crippen LogP contribution in [0.2, 0.25) is 5.28 Å². The van der Waals surface area contributed by atoms with Crippen LogP contribution in [0.15, 0.2) is 0 Å². The summed E-state index contributed by atoms with van der Waals surface area (Å²) in [6, 6.07) is -4.39. The highest BCUT2D eigenvalue weighted by atomic mass is 35.5. The van der Waals surface area contributed by atoms with Gasteiger partial charge in [0.1, 0.15) is 12.1 Å². The topological polar surface area (TPSA) is 49.8 Å². The van der Waals surface area contributed by atoms with Gasteiger partial charge in [-0.1, -0.05) is 0 Å². The molecule has 0 amide bonds. The van der Waals surface area contributed by atoms with E-state index < -0.39 is 47.2 Å². The molecule has 1 rings (SSSR count). The van der Waals surface area contributed by atoms with Crippen LogP contribution in [-0.2, 0) is 0 Å². The third-order valence-corrected chi connectivity index (χ3v) is 2.68. The molecule has 0 radical (unpaired) electrons. The second-order valence-corrected chi connectivity index (χ2v) is 4.66. The summed E-state index contributed by atoms with van der Waals surface area (Å²) in [5, 5.41) is 2.66. The van der Waals surface area contributed by atoms with Gasteiger partial charge in [-0.25, -0.2) is 0 Å². The molecule has 0 fully saturated rings. The molecule has 0 spiro atoms. The smallest absolute Gasteiger partial charge is 0.356 e. The fraction of sp³-hybridized carbons (Fsp3) is 0.600. The fourth-order valence-corrected chi connectivity index (χ4v) is 1.35. The Morgan fingerprint density at radius 2 is 1.18 bits per heavy atom. The summed E-state index contributed by atoms with van der Waals surface area (Å²) in [7, 11) is 0. The molecular formula is C10H10ClF7N4. The highest BCUT2D eigenvalue weighted by molar-refractivity contribution is 6.28. The average Bonchev–Trinajstić information content (AvgIpc) is 2.32. The Kier molecular flexibility index (Phi) is 5.31. The number of aromatic nitrogens is 2. The molecule has 0 aromatic carbocycles. The van der Waals surface area contributed by atoms with Crippen molar-refractivity contribution < 1.29 is 30.7 Å². The lowest BCUT2D eigenvalue weighted by molar-refractivity contribution is -0.139. The van der Waals surface area contributed by atoms with Gasteiger partial charge in [-0.2, -0.15) is 40.7 Å². The molecule has 1 aromatic rings. The number of nitrogens with one attached hydrogen (secondary N) is 2. The molecule has 22 heavy (non-hydrogen) atoms. The van der Waals surface area contributed by atoms with E-state index in [9.17, 15) is 30.7 Å². The van der Waals surface area contributed by atoms with Gasteiger partial charge in [0.05, 0.1) is 0 Å². The first-order chi connectivity index (χ1) is 9.82. The quantitative estimate of drug-likeness (QED) is 0.634. The number of anilines is 2. The van der Waals surface area contributed by atoms with Crippen molar-refractivity contribution in [3.8, 4) is 0 Å². The van der Waals surface area contributed by atoms with Gasteiger partial charge in [-0.05, 0) is 25.4 Å². The molecule has 0 saturated heterocycles. The van der Waals surface area contributed by atoms with Crippen LogP contribution in [0.25, 0.3) is 0 Å². The lowest BCUT2D eigenvalue weighted by Crippen LogP contribution is -2.35. The van der Waals surface area contributed by atoms with Crippen LogP contribution in [0.3, 0.4) is 0 Å². The predicted octanol–water partition coefficient (Wildman–Crippen LogP) is 3.99. The van der Waals surface area contributed by atoms with Crippen molar-refractivity contribution in [3.05, 3.63) is 11.1 Å². The van der Waals surface area contributed by atoms with Crippen LogP contribution >= 0.6 is 11.6 Å². The van der Waals surface area contributed by atoms with Crippen LogP contribution in [0.5, 0.6) is 0 Å². The number of rotatable bonds is 4. The Labute approximate surface area is 125 Å². The summed E-state index contributed by atoms with van der Waals surface area (Å²) in [4.78, 5) is 6.41. The van der Waals surface area contributed by atoms with Crippen molar-refractivity contribution in [3.63, 3.8) is 0 Å². The lowest BCUT2D eigenvalue weighted by Gasteiger charge is -2.21.